The Morgan fingerprint density at radius 3 is 2.50 bits per heavy atom. The molecule has 1 heterocycles. The van der Waals surface area contributed by atoms with Crippen molar-refractivity contribution in [1.82, 2.24) is 10.2 Å². The van der Waals surface area contributed by atoms with Crippen LogP contribution in [0.15, 0.2) is 0 Å². The Morgan fingerprint density at radius 1 is 1.31 bits per heavy atom. The molecule has 16 heavy (non-hydrogen) atoms. The van der Waals surface area contributed by atoms with Gasteiger partial charge in [0.15, 0.2) is 0 Å². The normalized spacial score (nSPS) is 32.8. The number of amides is 3. The zero-order chi connectivity index (χ0) is 11.8. The fourth-order valence-electron chi connectivity index (χ4n) is 2.54. The van der Waals surface area contributed by atoms with Crippen LogP contribution in [0.4, 0.5) is 4.79 Å². The van der Waals surface area contributed by atoms with Crippen LogP contribution in [0.2, 0.25) is 0 Å². The average Bonchev–Trinajstić information content (AvgIpc) is 2.16. The van der Waals surface area contributed by atoms with Gasteiger partial charge in [-0.2, -0.15) is 0 Å². The lowest BCUT2D eigenvalue weighted by Crippen LogP contribution is -2.63. The predicted octanol–water partition coefficient (Wildman–Crippen LogP) is 0.970. The van der Waals surface area contributed by atoms with Crippen LogP contribution in [0.25, 0.3) is 0 Å². The summed E-state index contributed by atoms with van der Waals surface area (Å²) in [6.07, 6.45) is 5.06. The maximum Gasteiger partial charge on any atom is 0.326 e. The number of nitrogens with zero attached hydrogens (tertiary/aromatic N) is 1. The first-order valence-corrected chi connectivity index (χ1v) is 5.86. The molecule has 90 valence electrons. The van der Waals surface area contributed by atoms with Crippen molar-refractivity contribution >= 4 is 11.9 Å². The number of imide groups is 1. The Bertz CT molecular complexity index is 288. The monoisotopic (exact) mass is 226 g/mol. The Labute approximate surface area is 94.8 Å². The molecule has 0 aromatic heterocycles. The number of rotatable bonds is 1. The molecule has 1 aliphatic heterocycles. The van der Waals surface area contributed by atoms with Crippen LogP contribution in [0.3, 0.4) is 0 Å². The van der Waals surface area contributed by atoms with E-state index in [0.29, 0.717) is 0 Å². The predicted molar refractivity (Wildman–Crippen MR) is 57.5 cm³/mol. The molecule has 0 radical (unpaired) electrons. The molecule has 0 aromatic rings. The van der Waals surface area contributed by atoms with Crippen LogP contribution in [-0.4, -0.2) is 33.7 Å². The molecule has 0 aromatic carbocycles. The van der Waals surface area contributed by atoms with Crippen molar-refractivity contribution in [3.05, 3.63) is 0 Å². The van der Waals surface area contributed by atoms with Crippen LogP contribution in [0.5, 0.6) is 0 Å². The summed E-state index contributed by atoms with van der Waals surface area (Å²) >= 11 is 0. The first-order valence-electron chi connectivity index (χ1n) is 5.86. The van der Waals surface area contributed by atoms with E-state index in [9.17, 15) is 14.7 Å². The zero-order valence-corrected chi connectivity index (χ0v) is 9.53. The van der Waals surface area contributed by atoms with Crippen LogP contribution in [0, 0.1) is 0 Å². The summed E-state index contributed by atoms with van der Waals surface area (Å²) in [5, 5.41) is 12.1. The lowest BCUT2D eigenvalue weighted by Gasteiger charge is -2.40. The standard InChI is InChI=1S/C11H18N2O3/c1-11(16)7-9(14)13(10(15)12-11)8-5-3-2-4-6-8/h8,16H,2-7H2,1H3,(H,12,15). The fourth-order valence-corrected chi connectivity index (χ4v) is 2.54. The van der Waals surface area contributed by atoms with E-state index in [0.717, 1.165) is 25.7 Å². The van der Waals surface area contributed by atoms with Crippen molar-refractivity contribution < 1.29 is 14.7 Å². The smallest absolute Gasteiger partial charge is 0.326 e. The van der Waals surface area contributed by atoms with Crippen LogP contribution < -0.4 is 5.32 Å². The summed E-state index contributed by atoms with van der Waals surface area (Å²) in [6, 6.07) is -0.425. The maximum absolute atomic E-state index is 11.8. The van der Waals surface area contributed by atoms with Crippen molar-refractivity contribution in [2.24, 2.45) is 0 Å². The van der Waals surface area contributed by atoms with Gasteiger partial charge in [0.05, 0.1) is 6.42 Å². The van der Waals surface area contributed by atoms with Gasteiger partial charge in [-0.3, -0.25) is 9.69 Å². The highest BCUT2D eigenvalue weighted by molar-refractivity contribution is 5.98. The van der Waals surface area contributed by atoms with Gasteiger partial charge >= 0.3 is 6.03 Å². The van der Waals surface area contributed by atoms with Gasteiger partial charge in [0, 0.05) is 6.04 Å². The largest absolute Gasteiger partial charge is 0.371 e. The summed E-state index contributed by atoms with van der Waals surface area (Å²) in [5.74, 6) is -0.263. The van der Waals surface area contributed by atoms with Crippen LogP contribution in [0.1, 0.15) is 45.4 Å². The molecule has 1 saturated heterocycles. The van der Waals surface area contributed by atoms with Crippen molar-refractivity contribution in [3.8, 4) is 0 Å². The first-order chi connectivity index (χ1) is 7.49. The van der Waals surface area contributed by atoms with Gasteiger partial charge in [-0.25, -0.2) is 4.79 Å². The second kappa shape index (κ2) is 4.05. The molecule has 0 spiro atoms. The number of urea groups is 1. The number of carbonyl (C=O) groups is 2. The number of hydrogen-bond donors (Lipinski definition) is 2. The summed E-state index contributed by atoms with van der Waals surface area (Å²) < 4.78 is 0. The van der Waals surface area contributed by atoms with E-state index < -0.39 is 11.8 Å². The minimum Gasteiger partial charge on any atom is -0.371 e. The molecule has 3 amide bonds. The van der Waals surface area contributed by atoms with E-state index in [4.69, 9.17) is 0 Å². The van der Waals surface area contributed by atoms with Gasteiger partial charge in [-0.05, 0) is 19.8 Å². The van der Waals surface area contributed by atoms with Gasteiger partial charge < -0.3 is 10.4 Å². The Balaban J connectivity index is 2.09. The Hall–Kier alpha value is -1.10. The van der Waals surface area contributed by atoms with E-state index in [-0.39, 0.29) is 18.4 Å². The highest BCUT2D eigenvalue weighted by Gasteiger charge is 2.41. The summed E-state index contributed by atoms with van der Waals surface area (Å²) in [4.78, 5) is 24.9. The molecule has 1 aliphatic carbocycles. The van der Waals surface area contributed by atoms with Crippen molar-refractivity contribution in [3.63, 3.8) is 0 Å². The second-order valence-corrected chi connectivity index (χ2v) is 4.94. The van der Waals surface area contributed by atoms with E-state index >= 15 is 0 Å². The number of carbonyl (C=O) groups excluding carboxylic acids is 2. The molecule has 2 fully saturated rings. The molecule has 1 atom stereocenters. The molecular formula is C11H18N2O3. The summed E-state index contributed by atoms with van der Waals surface area (Å²) in [7, 11) is 0. The summed E-state index contributed by atoms with van der Waals surface area (Å²) in [6.45, 7) is 1.45. The Morgan fingerprint density at radius 2 is 1.94 bits per heavy atom. The van der Waals surface area contributed by atoms with E-state index in [1.807, 2.05) is 0 Å². The van der Waals surface area contributed by atoms with Crippen molar-refractivity contribution in [1.29, 1.82) is 0 Å². The molecule has 1 saturated carbocycles. The van der Waals surface area contributed by atoms with Gasteiger partial charge in [-0.1, -0.05) is 19.3 Å². The third-order valence-electron chi connectivity index (χ3n) is 3.30. The second-order valence-electron chi connectivity index (χ2n) is 4.94. The number of aliphatic hydroxyl groups is 1. The first kappa shape index (κ1) is 11.4. The molecule has 5 nitrogen and oxygen atoms in total. The van der Waals surface area contributed by atoms with Gasteiger partial charge in [0.25, 0.3) is 0 Å². The molecule has 2 rings (SSSR count). The van der Waals surface area contributed by atoms with E-state index in [1.165, 1.54) is 18.2 Å². The van der Waals surface area contributed by atoms with Crippen molar-refractivity contribution in [2.75, 3.05) is 0 Å². The molecular weight excluding hydrogens is 208 g/mol. The molecule has 2 N–H and O–H groups in total. The molecule has 0 bridgehead atoms. The van der Waals surface area contributed by atoms with E-state index in [2.05, 4.69) is 5.32 Å². The lowest BCUT2D eigenvalue weighted by atomic mass is 9.93. The third-order valence-corrected chi connectivity index (χ3v) is 3.30. The highest BCUT2D eigenvalue weighted by Crippen LogP contribution is 2.26. The van der Waals surface area contributed by atoms with Crippen LogP contribution >= 0.6 is 0 Å². The van der Waals surface area contributed by atoms with Crippen LogP contribution in [-0.2, 0) is 4.79 Å². The number of nitrogens with one attached hydrogen (secondary N) is 1. The number of hydrogen-bond acceptors (Lipinski definition) is 3. The third kappa shape index (κ3) is 2.19. The minimum atomic E-state index is -1.39. The quantitative estimate of drug-likeness (QED) is 0.700. The Kier molecular flexibility index (Phi) is 2.88. The highest BCUT2D eigenvalue weighted by atomic mass is 16.3. The average molecular weight is 226 g/mol. The SMILES string of the molecule is CC1(O)CC(=O)N(C2CCCCC2)C(=O)N1. The topological polar surface area (TPSA) is 69.6 Å². The zero-order valence-electron chi connectivity index (χ0n) is 9.53. The van der Waals surface area contributed by atoms with Crippen molar-refractivity contribution in [2.45, 2.75) is 57.2 Å². The fraction of sp³-hybridized carbons (Fsp3) is 0.818. The van der Waals surface area contributed by atoms with E-state index in [1.54, 1.807) is 0 Å². The van der Waals surface area contributed by atoms with Gasteiger partial charge in [0.2, 0.25) is 5.91 Å². The van der Waals surface area contributed by atoms with Gasteiger partial charge in [0.1, 0.15) is 5.72 Å². The molecule has 1 unspecified atom stereocenters. The molecule has 5 heteroatoms. The minimum absolute atomic E-state index is 0.0253. The van der Waals surface area contributed by atoms with Gasteiger partial charge in [-0.15, -0.1) is 0 Å². The lowest BCUT2D eigenvalue weighted by molar-refractivity contribution is -0.140. The maximum atomic E-state index is 11.8. The molecule has 2 aliphatic rings. The summed E-state index contributed by atoms with van der Waals surface area (Å²) in [5.41, 5.74) is -1.39.